The molecule has 0 spiro atoms. The summed E-state index contributed by atoms with van der Waals surface area (Å²) in [6.45, 7) is 4.01. The smallest absolute Gasteiger partial charge is 0.134 e. The molecule has 15 heavy (non-hydrogen) atoms. The zero-order valence-electron chi connectivity index (χ0n) is 8.94. The summed E-state index contributed by atoms with van der Waals surface area (Å²) in [4.78, 5) is 0. The van der Waals surface area contributed by atoms with Crippen LogP contribution in [-0.2, 0) is 16.1 Å². The minimum absolute atomic E-state index is 0.0685. The Bertz CT molecular complexity index is 262. The van der Waals surface area contributed by atoms with Crippen molar-refractivity contribution in [2.45, 2.75) is 20.0 Å². The fraction of sp³-hybridized carbons (Fsp3) is 0.700. The van der Waals surface area contributed by atoms with Crippen LogP contribution in [0.3, 0.4) is 0 Å². The van der Waals surface area contributed by atoms with Gasteiger partial charge in [0.05, 0.1) is 19.8 Å². The lowest BCUT2D eigenvalue weighted by Gasteiger charge is -2.02. The quantitative estimate of drug-likeness (QED) is 0.653. The van der Waals surface area contributed by atoms with Crippen LogP contribution in [0.25, 0.3) is 0 Å². The summed E-state index contributed by atoms with van der Waals surface area (Å²) in [5, 5.41) is 12.2. The van der Waals surface area contributed by atoms with Crippen molar-refractivity contribution in [2.75, 3.05) is 26.4 Å². The second kappa shape index (κ2) is 7.39. The molecule has 5 nitrogen and oxygen atoms in total. The van der Waals surface area contributed by atoms with Gasteiger partial charge in [0.15, 0.2) is 0 Å². The molecule has 1 heterocycles. The van der Waals surface area contributed by atoms with E-state index in [4.69, 9.17) is 19.1 Å². The van der Waals surface area contributed by atoms with Gasteiger partial charge in [-0.15, -0.1) is 0 Å². The van der Waals surface area contributed by atoms with Crippen LogP contribution in [0.5, 0.6) is 0 Å². The number of nitrogens with zero attached hydrogens (tertiary/aromatic N) is 1. The molecular formula is C10H17NO4. The normalized spacial score (nSPS) is 10.8. The van der Waals surface area contributed by atoms with E-state index in [0.717, 1.165) is 17.9 Å². The molecule has 0 unspecified atom stereocenters. The van der Waals surface area contributed by atoms with Crippen LogP contribution in [0.15, 0.2) is 10.6 Å². The first-order valence-corrected chi connectivity index (χ1v) is 5.01. The number of ether oxygens (including phenoxy) is 2. The third-order valence-electron chi connectivity index (χ3n) is 1.74. The Balaban J connectivity index is 1.93. The monoisotopic (exact) mass is 215 g/mol. The molecule has 0 atom stereocenters. The van der Waals surface area contributed by atoms with Crippen molar-refractivity contribution < 1.29 is 19.1 Å². The highest BCUT2D eigenvalue weighted by Crippen LogP contribution is 2.02. The molecule has 0 amide bonds. The van der Waals surface area contributed by atoms with E-state index >= 15 is 0 Å². The molecule has 0 aliphatic rings. The summed E-state index contributed by atoms with van der Waals surface area (Å²) in [6, 6.07) is 1.85. The molecular weight excluding hydrogens is 198 g/mol. The fourth-order valence-electron chi connectivity index (χ4n) is 1.09. The van der Waals surface area contributed by atoms with Crippen LogP contribution < -0.4 is 0 Å². The van der Waals surface area contributed by atoms with E-state index in [1.54, 1.807) is 0 Å². The Morgan fingerprint density at radius 3 is 2.80 bits per heavy atom. The molecule has 0 radical (unpaired) electrons. The molecule has 1 rings (SSSR count). The van der Waals surface area contributed by atoms with Gasteiger partial charge in [-0.05, 0) is 13.3 Å². The van der Waals surface area contributed by atoms with Gasteiger partial charge >= 0.3 is 0 Å². The van der Waals surface area contributed by atoms with E-state index in [-0.39, 0.29) is 6.61 Å². The number of rotatable bonds is 8. The Labute approximate surface area is 89.0 Å². The average Bonchev–Trinajstić information content (AvgIpc) is 2.63. The van der Waals surface area contributed by atoms with E-state index in [1.807, 2.05) is 13.0 Å². The zero-order valence-corrected chi connectivity index (χ0v) is 8.94. The number of aryl methyl sites for hydroxylation is 1. The number of aromatic nitrogens is 1. The zero-order chi connectivity index (χ0) is 10.9. The van der Waals surface area contributed by atoms with E-state index in [1.165, 1.54) is 0 Å². The predicted octanol–water partition coefficient (Wildman–Crippen LogP) is 0.899. The summed E-state index contributed by atoms with van der Waals surface area (Å²) in [7, 11) is 0. The molecule has 1 N–H and O–H groups in total. The largest absolute Gasteiger partial charge is 0.394 e. The Morgan fingerprint density at radius 1 is 1.33 bits per heavy atom. The molecule has 5 heteroatoms. The van der Waals surface area contributed by atoms with Crippen molar-refractivity contribution in [3.05, 3.63) is 17.5 Å². The Hall–Kier alpha value is -0.910. The molecule has 0 saturated carbocycles. The summed E-state index contributed by atoms with van der Waals surface area (Å²) in [5.41, 5.74) is 0.809. The third kappa shape index (κ3) is 5.51. The molecule has 0 aliphatic carbocycles. The first-order chi connectivity index (χ1) is 7.33. The number of aliphatic hydroxyl groups is 1. The van der Waals surface area contributed by atoms with E-state index in [0.29, 0.717) is 26.4 Å². The first kappa shape index (κ1) is 12.2. The third-order valence-corrected chi connectivity index (χ3v) is 1.74. The van der Waals surface area contributed by atoms with Crippen LogP contribution in [0.4, 0.5) is 0 Å². The van der Waals surface area contributed by atoms with Gasteiger partial charge in [0.25, 0.3) is 0 Å². The van der Waals surface area contributed by atoms with Crippen molar-refractivity contribution in [2.24, 2.45) is 0 Å². The minimum Gasteiger partial charge on any atom is -0.394 e. The lowest BCUT2D eigenvalue weighted by molar-refractivity contribution is 0.0581. The number of hydrogen-bond acceptors (Lipinski definition) is 5. The molecule has 0 aromatic carbocycles. The van der Waals surface area contributed by atoms with Gasteiger partial charge < -0.3 is 19.1 Å². The molecule has 0 aliphatic heterocycles. The molecule has 0 fully saturated rings. The van der Waals surface area contributed by atoms with Gasteiger partial charge in [0.2, 0.25) is 0 Å². The lowest BCUT2D eigenvalue weighted by Crippen LogP contribution is -2.04. The standard InChI is InChI=1S/C10H17NO4/c1-9-7-10(11-15-9)8-14-5-2-4-13-6-3-12/h7,12H,2-6,8H2,1H3. The van der Waals surface area contributed by atoms with Crippen molar-refractivity contribution in [3.63, 3.8) is 0 Å². The van der Waals surface area contributed by atoms with Crippen LogP contribution in [-0.4, -0.2) is 36.7 Å². The predicted molar refractivity (Wildman–Crippen MR) is 53.4 cm³/mol. The summed E-state index contributed by atoms with van der Waals surface area (Å²) in [6.07, 6.45) is 0.816. The second-order valence-electron chi connectivity index (χ2n) is 3.17. The highest BCUT2D eigenvalue weighted by Gasteiger charge is 1.99. The van der Waals surface area contributed by atoms with Crippen molar-refractivity contribution in [1.29, 1.82) is 0 Å². The van der Waals surface area contributed by atoms with Crippen LogP contribution in [0.2, 0.25) is 0 Å². The highest BCUT2D eigenvalue weighted by molar-refractivity contribution is 5.01. The van der Waals surface area contributed by atoms with Gasteiger partial charge in [-0.25, -0.2) is 0 Å². The maximum absolute atomic E-state index is 8.45. The van der Waals surface area contributed by atoms with Gasteiger partial charge in [0.1, 0.15) is 11.5 Å². The van der Waals surface area contributed by atoms with Crippen molar-refractivity contribution in [1.82, 2.24) is 5.16 Å². The van der Waals surface area contributed by atoms with Gasteiger partial charge in [-0.3, -0.25) is 0 Å². The molecule has 0 bridgehead atoms. The SMILES string of the molecule is Cc1cc(COCCCOCCO)no1. The summed E-state index contributed by atoms with van der Waals surface area (Å²) in [5.74, 6) is 0.792. The Morgan fingerprint density at radius 2 is 2.13 bits per heavy atom. The van der Waals surface area contributed by atoms with Crippen molar-refractivity contribution in [3.8, 4) is 0 Å². The molecule has 86 valence electrons. The molecule has 0 saturated heterocycles. The summed E-state index contributed by atoms with van der Waals surface area (Å²) < 4.78 is 15.3. The Kier molecular flexibility index (Phi) is 5.99. The number of aliphatic hydroxyl groups excluding tert-OH is 1. The highest BCUT2D eigenvalue weighted by atomic mass is 16.5. The lowest BCUT2D eigenvalue weighted by atomic mass is 10.4. The first-order valence-electron chi connectivity index (χ1n) is 5.01. The summed E-state index contributed by atoms with van der Waals surface area (Å²) >= 11 is 0. The van der Waals surface area contributed by atoms with Crippen LogP contribution >= 0.6 is 0 Å². The van der Waals surface area contributed by atoms with Crippen molar-refractivity contribution >= 4 is 0 Å². The minimum atomic E-state index is 0.0685. The maximum atomic E-state index is 8.45. The molecule has 1 aromatic heterocycles. The van der Waals surface area contributed by atoms with E-state index < -0.39 is 0 Å². The van der Waals surface area contributed by atoms with E-state index in [2.05, 4.69) is 5.16 Å². The van der Waals surface area contributed by atoms with E-state index in [9.17, 15) is 0 Å². The fourth-order valence-corrected chi connectivity index (χ4v) is 1.09. The van der Waals surface area contributed by atoms with Crippen LogP contribution in [0, 0.1) is 6.92 Å². The molecule has 1 aromatic rings. The average molecular weight is 215 g/mol. The maximum Gasteiger partial charge on any atom is 0.134 e. The van der Waals surface area contributed by atoms with Gasteiger partial charge in [-0.2, -0.15) is 0 Å². The van der Waals surface area contributed by atoms with Gasteiger partial charge in [0, 0.05) is 19.3 Å². The van der Waals surface area contributed by atoms with Gasteiger partial charge in [-0.1, -0.05) is 5.16 Å². The number of hydrogen-bond donors (Lipinski definition) is 1. The second-order valence-corrected chi connectivity index (χ2v) is 3.17. The topological polar surface area (TPSA) is 64.7 Å². The van der Waals surface area contributed by atoms with Crippen LogP contribution in [0.1, 0.15) is 17.9 Å².